The monoisotopic (exact) mass is 480 g/mol. The minimum Gasteiger partial charge on any atom is -0.445 e. The number of nitrogens with zero attached hydrogens (tertiary/aromatic N) is 3. The molecule has 2 heterocycles. The fraction of sp³-hybridized carbons (Fsp3) is 0.500. The highest BCUT2D eigenvalue weighted by Gasteiger charge is 2.36. The van der Waals surface area contributed by atoms with E-state index in [0.717, 1.165) is 35.2 Å². The highest BCUT2D eigenvalue weighted by Crippen LogP contribution is 2.40. The van der Waals surface area contributed by atoms with E-state index in [9.17, 15) is 9.18 Å². The van der Waals surface area contributed by atoms with E-state index in [1.807, 2.05) is 43.6 Å². The minimum atomic E-state index is -0.422. The highest BCUT2D eigenvalue weighted by molar-refractivity contribution is 5.75. The second kappa shape index (κ2) is 9.51. The first-order chi connectivity index (χ1) is 16.4. The summed E-state index contributed by atoms with van der Waals surface area (Å²) in [7, 11) is 0. The molecule has 4 rings (SSSR count). The summed E-state index contributed by atoms with van der Waals surface area (Å²) in [4.78, 5) is 19.6. The number of halogens is 1. The molecule has 1 amide bonds. The van der Waals surface area contributed by atoms with Gasteiger partial charge < -0.3 is 19.5 Å². The van der Waals surface area contributed by atoms with E-state index in [0.29, 0.717) is 13.1 Å². The molecule has 1 N–H and O–H groups in total. The zero-order chi connectivity index (χ0) is 25.4. The van der Waals surface area contributed by atoms with Crippen LogP contribution in [0.15, 0.2) is 48.8 Å². The molecule has 1 aromatic heterocycles. The predicted molar refractivity (Wildman–Crippen MR) is 138 cm³/mol. The van der Waals surface area contributed by atoms with Gasteiger partial charge in [0.25, 0.3) is 0 Å². The summed E-state index contributed by atoms with van der Waals surface area (Å²) in [6, 6.07) is 12.8. The van der Waals surface area contributed by atoms with Gasteiger partial charge >= 0.3 is 6.09 Å². The summed E-state index contributed by atoms with van der Waals surface area (Å²) in [5, 5.41) is 3.10. The van der Waals surface area contributed by atoms with Gasteiger partial charge in [0.05, 0.1) is 29.9 Å². The average Bonchev–Trinajstić information content (AvgIpc) is 3.24. The Kier molecular flexibility index (Phi) is 6.80. The first-order valence-corrected chi connectivity index (χ1v) is 12.3. The number of carbonyl (C=O) groups is 1. The Morgan fingerprint density at radius 3 is 2.69 bits per heavy atom. The summed E-state index contributed by atoms with van der Waals surface area (Å²) in [5.74, 6) is -0.224. The Morgan fingerprint density at radius 1 is 1.20 bits per heavy atom. The quantitative estimate of drug-likeness (QED) is 0.458. The van der Waals surface area contributed by atoms with Gasteiger partial charge in [0.1, 0.15) is 11.9 Å². The molecule has 3 aromatic rings. The highest BCUT2D eigenvalue weighted by atomic mass is 19.1. The molecule has 7 heteroatoms. The first kappa shape index (κ1) is 25.0. The standard InChI is InChI=1S/C28H37FN4O2/c1-19(15-32-17-28(5,6)22-13-20(29)11-12-24(22)32)35-26(34)31-21(14-27(2,3)4)16-33-18-30-23-9-7-8-10-25(23)33/h7-13,18-19,21H,14-17H2,1-6H3,(H,31,34)/t19-,21-/m0/s1. The number of fused-ring (bicyclic) bond motifs is 2. The molecule has 1 aliphatic rings. The Labute approximate surface area is 207 Å². The second-order valence-corrected chi connectivity index (χ2v) is 11.6. The zero-order valence-electron chi connectivity index (χ0n) is 21.6. The van der Waals surface area contributed by atoms with E-state index < -0.39 is 6.09 Å². The Bertz CT molecular complexity index is 1200. The maximum absolute atomic E-state index is 13.8. The van der Waals surface area contributed by atoms with E-state index >= 15 is 0 Å². The largest absolute Gasteiger partial charge is 0.445 e. The van der Waals surface area contributed by atoms with Gasteiger partial charge in [0.2, 0.25) is 0 Å². The van der Waals surface area contributed by atoms with Gasteiger partial charge in [0.15, 0.2) is 0 Å². The third kappa shape index (κ3) is 5.95. The lowest BCUT2D eigenvalue weighted by molar-refractivity contribution is 0.103. The lowest BCUT2D eigenvalue weighted by atomic mass is 9.87. The zero-order valence-corrected chi connectivity index (χ0v) is 21.6. The average molecular weight is 481 g/mol. The lowest BCUT2D eigenvalue weighted by Crippen LogP contribution is -2.43. The Balaban J connectivity index is 1.40. The fourth-order valence-corrected chi connectivity index (χ4v) is 5.16. The molecule has 6 nitrogen and oxygen atoms in total. The molecule has 1 aliphatic heterocycles. The van der Waals surface area contributed by atoms with Gasteiger partial charge in [-0.1, -0.05) is 46.8 Å². The number of amides is 1. The predicted octanol–water partition coefficient (Wildman–Crippen LogP) is 5.89. The van der Waals surface area contributed by atoms with Crippen LogP contribution in [-0.4, -0.2) is 40.9 Å². The molecule has 35 heavy (non-hydrogen) atoms. The van der Waals surface area contributed by atoms with Crippen LogP contribution in [0, 0.1) is 11.2 Å². The third-order valence-electron chi connectivity index (χ3n) is 6.53. The maximum atomic E-state index is 13.8. The summed E-state index contributed by atoms with van der Waals surface area (Å²) in [6.45, 7) is 14.5. The summed E-state index contributed by atoms with van der Waals surface area (Å²) in [6.07, 6.45) is 1.87. The molecular formula is C28H37FN4O2. The van der Waals surface area contributed by atoms with E-state index in [-0.39, 0.29) is 28.8 Å². The molecular weight excluding hydrogens is 443 g/mol. The molecule has 0 saturated heterocycles. The van der Waals surface area contributed by atoms with Crippen molar-refractivity contribution in [3.8, 4) is 0 Å². The number of ether oxygens (including phenoxy) is 1. The van der Waals surface area contributed by atoms with Crippen LogP contribution in [0.5, 0.6) is 0 Å². The summed E-state index contributed by atoms with van der Waals surface area (Å²) >= 11 is 0. The van der Waals surface area contributed by atoms with E-state index in [1.165, 1.54) is 6.07 Å². The number of nitrogens with one attached hydrogen (secondary N) is 1. The molecule has 0 bridgehead atoms. The Hall–Kier alpha value is -3.09. The number of alkyl carbamates (subject to hydrolysis) is 1. The van der Waals surface area contributed by atoms with Crippen LogP contribution in [-0.2, 0) is 16.7 Å². The van der Waals surface area contributed by atoms with Crippen LogP contribution >= 0.6 is 0 Å². The number of hydrogen-bond donors (Lipinski definition) is 1. The number of imidazole rings is 1. The van der Waals surface area contributed by atoms with Crippen LogP contribution in [0.25, 0.3) is 11.0 Å². The number of para-hydroxylation sites is 2. The molecule has 2 aromatic carbocycles. The smallest absolute Gasteiger partial charge is 0.407 e. The summed E-state index contributed by atoms with van der Waals surface area (Å²) < 4.78 is 21.7. The molecule has 0 fully saturated rings. The lowest BCUT2D eigenvalue weighted by Gasteiger charge is -2.29. The van der Waals surface area contributed by atoms with Crippen LogP contribution in [0.1, 0.15) is 53.5 Å². The molecule has 0 saturated carbocycles. The number of hydrogen-bond acceptors (Lipinski definition) is 4. The number of rotatable bonds is 7. The third-order valence-corrected chi connectivity index (χ3v) is 6.53. The van der Waals surface area contributed by atoms with Gasteiger partial charge in [0, 0.05) is 24.2 Å². The van der Waals surface area contributed by atoms with Crippen LogP contribution in [0.2, 0.25) is 0 Å². The van der Waals surface area contributed by atoms with E-state index in [2.05, 4.69) is 54.4 Å². The number of anilines is 1. The van der Waals surface area contributed by atoms with E-state index in [4.69, 9.17) is 4.74 Å². The van der Waals surface area contributed by atoms with Gasteiger partial charge in [-0.15, -0.1) is 0 Å². The van der Waals surface area contributed by atoms with Crippen molar-refractivity contribution in [3.63, 3.8) is 0 Å². The van der Waals surface area contributed by atoms with Gasteiger partial charge in [-0.2, -0.15) is 0 Å². The van der Waals surface area contributed by atoms with Crippen molar-refractivity contribution in [1.82, 2.24) is 14.9 Å². The molecule has 0 spiro atoms. The second-order valence-electron chi connectivity index (χ2n) is 11.6. The molecule has 0 radical (unpaired) electrons. The normalized spacial score (nSPS) is 16.7. The molecule has 0 aliphatic carbocycles. The number of benzene rings is 2. The minimum absolute atomic E-state index is 0.0278. The van der Waals surface area contributed by atoms with Crippen molar-refractivity contribution in [2.45, 2.75) is 72.1 Å². The molecule has 188 valence electrons. The van der Waals surface area contributed by atoms with Crippen LogP contribution < -0.4 is 10.2 Å². The molecule has 0 unspecified atom stereocenters. The Morgan fingerprint density at radius 2 is 1.94 bits per heavy atom. The topological polar surface area (TPSA) is 59.4 Å². The maximum Gasteiger partial charge on any atom is 0.407 e. The molecule has 2 atom stereocenters. The fourth-order valence-electron chi connectivity index (χ4n) is 5.16. The van der Waals surface area contributed by atoms with Gasteiger partial charge in [-0.25, -0.2) is 14.2 Å². The van der Waals surface area contributed by atoms with Crippen molar-refractivity contribution >= 4 is 22.8 Å². The van der Waals surface area contributed by atoms with Crippen molar-refractivity contribution in [2.24, 2.45) is 5.41 Å². The van der Waals surface area contributed by atoms with Crippen LogP contribution in [0.3, 0.4) is 0 Å². The first-order valence-electron chi connectivity index (χ1n) is 12.3. The number of carbonyl (C=O) groups excluding carboxylic acids is 1. The van der Waals surface area contributed by atoms with Crippen LogP contribution in [0.4, 0.5) is 14.9 Å². The van der Waals surface area contributed by atoms with Crippen molar-refractivity contribution in [2.75, 3.05) is 18.0 Å². The SMILES string of the molecule is C[C@@H](CN1CC(C)(C)c2cc(F)ccc21)OC(=O)N[C@H](Cn1cnc2ccccc21)CC(C)(C)C. The van der Waals surface area contributed by atoms with Gasteiger partial charge in [-0.05, 0) is 54.7 Å². The van der Waals surface area contributed by atoms with Gasteiger partial charge in [-0.3, -0.25) is 0 Å². The van der Waals surface area contributed by atoms with Crippen molar-refractivity contribution in [3.05, 3.63) is 60.2 Å². The van der Waals surface area contributed by atoms with E-state index in [1.54, 1.807) is 6.07 Å². The number of aromatic nitrogens is 2. The van der Waals surface area contributed by atoms with Crippen molar-refractivity contribution < 1.29 is 13.9 Å². The summed E-state index contributed by atoms with van der Waals surface area (Å²) in [5.41, 5.74) is 3.84. The van der Waals surface area contributed by atoms with Crippen molar-refractivity contribution in [1.29, 1.82) is 0 Å².